The molecule has 6 heteroatoms. The fourth-order valence-electron chi connectivity index (χ4n) is 3.57. The third kappa shape index (κ3) is 2.99. The first-order chi connectivity index (χ1) is 12.6. The summed E-state index contributed by atoms with van der Waals surface area (Å²) in [4.78, 5) is 6.79. The Hall–Kier alpha value is -2.99. The van der Waals surface area contributed by atoms with Gasteiger partial charge >= 0.3 is 0 Å². The van der Waals surface area contributed by atoms with Gasteiger partial charge in [-0.3, -0.25) is 14.6 Å². The van der Waals surface area contributed by atoms with Crippen LogP contribution in [-0.4, -0.2) is 36.5 Å². The summed E-state index contributed by atoms with van der Waals surface area (Å²) in [5.74, 6) is 0. The van der Waals surface area contributed by atoms with Crippen molar-refractivity contribution >= 4 is 10.9 Å². The lowest BCUT2D eigenvalue weighted by Gasteiger charge is -2.18. The molecule has 0 spiro atoms. The molecule has 4 rings (SSSR count). The van der Waals surface area contributed by atoms with Crippen LogP contribution in [0.3, 0.4) is 0 Å². The molecule has 132 valence electrons. The minimum absolute atomic E-state index is 0.873. The number of nitrogens with zero attached hydrogens (tertiary/aromatic N) is 6. The Morgan fingerprint density at radius 1 is 0.962 bits per heavy atom. The van der Waals surface area contributed by atoms with E-state index in [0.29, 0.717) is 0 Å². The molecule has 0 saturated carbocycles. The van der Waals surface area contributed by atoms with Gasteiger partial charge in [-0.25, -0.2) is 4.68 Å². The maximum absolute atomic E-state index is 4.45. The minimum atomic E-state index is 0.873. The lowest BCUT2D eigenvalue weighted by molar-refractivity contribution is 0.319. The minimum Gasteiger partial charge on any atom is -0.298 e. The lowest BCUT2D eigenvalue weighted by Crippen LogP contribution is -2.18. The number of pyridine rings is 1. The maximum Gasteiger partial charge on any atom is 0.139 e. The van der Waals surface area contributed by atoms with Crippen LogP contribution in [0.4, 0.5) is 0 Å². The standard InChI is InChI=1S/C20H22N6/c1-15-10-18(16(2)26(15)25-13-22-23-14-25)12-24(3)11-17-6-4-8-20-19(17)7-5-9-21-20/h4-10,13-14H,11-12H2,1-3H3. The van der Waals surface area contributed by atoms with Gasteiger partial charge in [0.1, 0.15) is 12.7 Å². The van der Waals surface area contributed by atoms with E-state index < -0.39 is 0 Å². The number of aryl methyl sites for hydroxylation is 1. The molecule has 6 nitrogen and oxygen atoms in total. The van der Waals surface area contributed by atoms with Crippen LogP contribution in [0, 0.1) is 13.8 Å². The molecule has 1 aromatic carbocycles. The summed E-state index contributed by atoms with van der Waals surface area (Å²) in [6, 6.07) is 12.7. The average molecular weight is 346 g/mol. The molecule has 3 heterocycles. The van der Waals surface area contributed by atoms with Gasteiger partial charge in [0.05, 0.1) is 5.52 Å². The number of aromatic nitrogens is 5. The molecule has 0 bridgehead atoms. The molecule has 0 atom stereocenters. The van der Waals surface area contributed by atoms with Crippen molar-refractivity contribution in [2.24, 2.45) is 0 Å². The van der Waals surface area contributed by atoms with E-state index in [4.69, 9.17) is 0 Å². The predicted molar refractivity (Wildman–Crippen MR) is 102 cm³/mol. The zero-order valence-corrected chi connectivity index (χ0v) is 15.3. The van der Waals surface area contributed by atoms with Gasteiger partial charge in [0, 0.05) is 36.1 Å². The Labute approximate surface area is 152 Å². The Balaban J connectivity index is 1.57. The van der Waals surface area contributed by atoms with Gasteiger partial charge in [0.25, 0.3) is 0 Å². The average Bonchev–Trinajstić information content (AvgIpc) is 3.24. The quantitative estimate of drug-likeness (QED) is 0.557. The number of hydrogen-bond acceptors (Lipinski definition) is 4. The fraction of sp³-hybridized carbons (Fsp3) is 0.250. The molecule has 0 saturated heterocycles. The van der Waals surface area contributed by atoms with Crippen LogP contribution in [0.5, 0.6) is 0 Å². The topological polar surface area (TPSA) is 51.8 Å². The Morgan fingerprint density at radius 3 is 2.54 bits per heavy atom. The third-order valence-corrected chi connectivity index (χ3v) is 4.75. The van der Waals surface area contributed by atoms with Gasteiger partial charge in [-0.1, -0.05) is 18.2 Å². The number of fused-ring (bicyclic) bond motifs is 1. The fourth-order valence-corrected chi connectivity index (χ4v) is 3.57. The Kier molecular flexibility index (Phi) is 4.26. The van der Waals surface area contributed by atoms with Gasteiger partial charge in [0.15, 0.2) is 0 Å². The highest BCUT2D eigenvalue weighted by Crippen LogP contribution is 2.21. The SMILES string of the molecule is Cc1cc(CN(C)Cc2cccc3ncccc23)c(C)n1-n1cnnc1. The van der Waals surface area contributed by atoms with Gasteiger partial charge < -0.3 is 0 Å². The number of hydrogen-bond donors (Lipinski definition) is 0. The van der Waals surface area contributed by atoms with Crippen LogP contribution in [0.1, 0.15) is 22.5 Å². The smallest absolute Gasteiger partial charge is 0.139 e. The van der Waals surface area contributed by atoms with E-state index in [9.17, 15) is 0 Å². The lowest BCUT2D eigenvalue weighted by atomic mass is 10.1. The van der Waals surface area contributed by atoms with Crippen molar-refractivity contribution in [2.75, 3.05) is 7.05 Å². The Bertz CT molecular complexity index is 1030. The van der Waals surface area contributed by atoms with Crippen LogP contribution in [0.2, 0.25) is 0 Å². The van der Waals surface area contributed by atoms with Crippen molar-refractivity contribution < 1.29 is 0 Å². The molecule has 0 radical (unpaired) electrons. The van der Waals surface area contributed by atoms with Gasteiger partial charge in [-0.05, 0) is 50.2 Å². The summed E-state index contributed by atoms with van der Waals surface area (Å²) >= 11 is 0. The number of benzene rings is 1. The summed E-state index contributed by atoms with van der Waals surface area (Å²) in [5, 5.41) is 9.04. The first-order valence-corrected chi connectivity index (χ1v) is 8.68. The predicted octanol–water partition coefficient (Wildman–Crippen LogP) is 3.19. The highest BCUT2D eigenvalue weighted by Gasteiger charge is 2.13. The van der Waals surface area contributed by atoms with Gasteiger partial charge in [-0.2, -0.15) is 0 Å². The molecule has 0 aliphatic rings. The van der Waals surface area contributed by atoms with E-state index in [1.54, 1.807) is 12.7 Å². The summed E-state index contributed by atoms with van der Waals surface area (Å²) in [5.41, 5.74) is 6.01. The molecule has 0 aliphatic heterocycles. The molecule has 0 N–H and O–H groups in total. The first-order valence-electron chi connectivity index (χ1n) is 8.68. The van der Waals surface area contributed by atoms with Crippen LogP contribution < -0.4 is 0 Å². The molecule has 4 aromatic rings. The number of rotatable bonds is 5. The third-order valence-electron chi connectivity index (χ3n) is 4.75. The van der Waals surface area contributed by atoms with Crippen LogP contribution in [0.25, 0.3) is 10.9 Å². The normalized spacial score (nSPS) is 11.5. The molecule has 0 fully saturated rings. The van der Waals surface area contributed by atoms with Gasteiger partial charge in [-0.15, -0.1) is 10.2 Å². The molecule has 0 unspecified atom stereocenters. The van der Waals surface area contributed by atoms with E-state index in [-0.39, 0.29) is 0 Å². The van der Waals surface area contributed by atoms with Gasteiger partial charge in [0.2, 0.25) is 0 Å². The molecular weight excluding hydrogens is 324 g/mol. The highest BCUT2D eigenvalue weighted by molar-refractivity contribution is 5.81. The monoisotopic (exact) mass is 346 g/mol. The highest BCUT2D eigenvalue weighted by atomic mass is 15.5. The van der Waals surface area contributed by atoms with Crippen molar-refractivity contribution in [2.45, 2.75) is 26.9 Å². The van der Waals surface area contributed by atoms with E-state index in [1.165, 1.54) is 27.9 Å². The van der Waals surface area contributed by atoms with E-state index in [0.717, 1.165) is 18.6 Å². The van der Waals surface area contributed by atoms with Crippen molar-refractivity contribution in [1.82, 2.24) is 29.4 Å². The molecule has 0 aliphatic carbocycles. The zero-order valence-electron chi connectivity index (χ0n) is 15.3. The first kappa shape index (κ1) is 16.5. The van der Waals surface area contributed by atoms with Crippen molar-refractivity contribution in [3.63, 3.8) is 0 Å². The van der Waals surface area contributed by atoms with Crippen LogP contribution >= 0.6 is 0 Å². The second-order valence-corrected chi connectivity index (χ2v) is 6.71. The summed E-state index contributed by atoms with van der Waals surface area (Å²) in [7, 11) is 2.15. The zero-order chi connectivity index (χ0) is 18.1. The largest absolute Gasteiger partial charge is 0.298 e. The summed E-state index contributed by atoms with van der Waals surface area (Å²) in [6.45, 7) is 5.99. The van der Waals surface area contributed by atoms with Crippen molar-refractivity contribution in [1.29, 1.82) is 0 Å². The van der Waals surface area contributed by atoms with Crippen LogP contribution in [-0.2, 0) is 13.1 Å². The second kappa shape index (κ2) is 6.72. The molecule has 3 aromatic heterocycles. The Morgan fingerprint density at radius 2 is 1.73 bits per heavy atom. The molecular formula is C20H22N6. The van der Waals surface area contributed by atoms with E-state index in [1.807, 2.05) is 16.9 Å². The molecule has 0 amide bonds. The van der Waals surface area contributed by atoms with E-state index in [2.05, 4.69) is 76.0 Å². The van der Waals surface area contributed by atoms with E-state index >= 15 is 0 Å². The summed E-state index contributed by atoms with van der Waals surface area (Å²) < 4.78 is 4.04. The second-order valence-electron chi connectivity index (χ2n) is 6.71. The maximum atomic E-state index is 4.45. The molecule has 26 heavy (non-hydrogen) atoms. The van der Waals surface area contributed by atoms with Crippen molar-refractivity contribution in [3.05, 3.63) is 77.8 Å². The summed E-state index contributed by atoms with van der Waals surface area (Å²) in [6.07, 6.45) is 5.28. The van der Waals surface area contributed by atoms with Crippen molar-refractivity contribution in [3.8, 4) is 0 Å². The van der Waals surface area contributed by atoms with Crippen LogP contribution in [0.15, 0.2) is 55.2 Å².